The summed E-state index contributed by atoms with van der Waals surface area (Å²) in [6.07, 6.45) is 0.892. The Morgan fingerprint density at radius 2 is 1.74 bits per heavy atom. The summed E-state index contributed by atoms with van der Waals surface area (Å²) in [5, 5.41) is 4.92. The molecule has 2 aromatic rings. The van der Waals surface area contributed by atoms with E-state index in [2.05, 4.69) is 57.1 Å². The molecule has 0 spiro atoms. The average molecular weight is 277 g/mol. The standard InChI is InChI=1S/C16H21ClN2/c1-6-13-14(19(5)18-15(13)17)11-7-9-12(10-8-11)16(2,3)4/h7-10H,6H2,1-5H3. The quantitative estimate of drug-likeness (QED) is 0.784. The largest absolute Gasteiger partial charge is 0.266 e. The number of rotatable bonds is 2. The first-order valence-electron chi connectivity index (χ1n) is 6.67. The molecule has 0 amide bonds. The van der Waals surface area contributed by atoms with E-state index in [9.17, 15) is 0 Å². The Hall–Kier alpha value is -1.28. The summed E-state index contributed by atoms with van der Waals surface area (Å²) >= 11 is 6.17. The van der Waals surface area contributed by atoms with E-state index in [4.69, 9.17) is 11.6 Å². The second-order valence-corrected chi connectivity index (χ2v) is 6.28. The zero-order valence-electron chi connectivity index (χ0n) is 12.3. The van der Waals surface area contributed by atoms with Crippen molar-refractivity contribution in [1.82, 2.24) is 9.78 Å². The molecule has 2 nitrogen and oxygen atoms in total. The van der Waals surface area contributed by atoms with Gasteiger partial charge in [0, 0.05) is 18.2 Å². The van der Waals surface area contributed by atoms with Gasteiger partial charge in [0.2, 0.25) is 0 Å². The van der Waals surface area contributed by atoms with Crippen LogP contribution in [0, 0.1) is 0 Å². The molecule has 3 heteroatoms. The maximum absolute atomic E-state index is 6.17. The van der Waals surface area contributed by atoms with Gasteiger partial charge in [0.15, 0.2) is 5.15 Å². The van der Waals surface area contributed by atoms with Crippen LogP contribution in [0.4, 0.5) is 0 Å². The lowest BCUT2D eigenvalue weighted by molar-refractivity contribution is 0.590. The third-order valence-corrected chi connectivity index (χ3v) is 3.78. The molecule has 0 fully saturated rings. The maximum atomic E-state index is 6.17. The number of benzene rings is 1. The van der Waals surface area contributed by atoms with Crippen molar-refractivity contribution in [2.24, 2.45) is 7.05 Å². The first-order valence-corrected chi connectivity index (χ1v) is 7.04. The minimum absolute atomic E-state index is 0.177. The zero-order valence-corrected chi connectivity index (χ0v) is 13.0. The van der Waals surface area contributed by atoms with E-state index < -0.39 is 0 Å². The minimum Gasteiger partial charge on any atom is -0.266 e. The second kappa shape index (κ2) is 5.01. The van der Waals surface area contributed by atoms with Gasteiger partial charge in [-0.1, -0.05) is 63.6 Å². The third kappa shape index (κ3) is 2.69. The van der Waals surface area contributed by atoms with Gasteiger partial charge in [-0.2, -0.15) is 5.10 Å². The van der Waals surface area contributed by atoms with Crippen molar-refractivity contribution in [3.8, 4) is 11.3 Å². The number of hydrogen-bond acceptors (Lipinski definition) is 1. The van der Waals surface area contributed by atoms with Crippen LogP contribution in [0.15, 0.2) is 24.3 Å². The average Bonchev–Trinajstić information content (AvgIpc) is 2.62. The van der Waals surface area contributed by atoms with Crippen molar-refractivity contribution in [3.05, 3.63) is 40.5 Å². The molecule has 0 unspecified atom stereocenters. The molecule has 0 atom stereocenters. The van der Waals surface area contributed by atoms with Crippen LogP contribution in [-0.4, -0.2) is 9.78 Å². The van der Waals surface area contributed by atoms with E-state index >= 15 is 0 Å². The predicted octanol–water partition coefficient (Wildman–Crippen LogP) is 4.60. The van der Waals surface area contributed by atoms with E-state index in [1.54, 1.807) is 0 Å². The summed E-state index contributed by atoms with van der Waals surface area (Å²) in [4.78, 5) is 0. The van der Waals surface area contributed by atoms with Gasteiger partial charge in [-0.3, -0.25) is 4.68 Å². The molecule has 0 saturated heterocycles. The summed E-state index contributed by atoms with van der Waals surface area (Å²) in [5.74, 6) is 0. The van der Waals surface area contributed by atoms with Crippen molar-refractivity contribution in [3.63, 3.8) is 0 Å². The van der Waals surface area contributed by atoms with Crippen molar-refractivity contribution in [2.75, 3.05) is 0 Å². The monoisotopic (exact) mass is 276 g/mol. The smallest absolute Gasteiger partial charge is 0.154 e. The highest BCUT2D eigenvalue weighted by Gasteiger charge is 2.17. The molecule has 19 heavy (non-hydrogen) atoms. The SMILES string of the molecule is CCc1c(Cl)nn(C)c1-c1ccc(C(C)(C)C)cc1. The van der Waals surface area contributed by atoms with Gasteiger partial charge in [0.25, 0.3) is 0 Å². The fourth-order valence-electron chi connectivity index (χ4n) is 2.34. The molecule has 102 valence electrons. The van der Waals surface area contributed by atoms with Crippen molar-refractivity contribution in [2.45, 2.75) is 39.5 Å². The lowest BCUT2D eigenvalue weighted by Crippen LogP contribution is -2.10. The third-order valence-electron chi connectivity index (χ3n) is 3.47. The molecule has 0 radical (unpaired) electrons. The summed E-state index contributed by atoms with van der Waals surface area (Å²) in [6, 6.07) is 8.70. The van der Waals surface area contributed by atoms with Crippen LogP contribution >= 0.6 is 11.6 Å². The minimum atomic E-state index is 0.177. The highest BCUT2D eigenvalue weighted by molar-refractivity contribution is 6.30. The molecule has 1 aromatic heterocycles. The summed E-state index contributed by atoms with van der Waals surface area (Å²) in [7, 11) is 1.94. The molecule has 1 aromatic carbocycles. The van der Waals surface area contributed by atoms with Gasteiger partial charge in [-0.05, 0) is 17.4 Å². The molecular weight excluding hydrogens is 256 g/mol. The Morgan fingerprint density at radius 3 is 2.21 bits per heavy atom. The fraction of sp³-hybridized carbons (Fsp3) is 0.438. The number of hydrogen-bond donors (Lipinski definition) is 0. The van der Waals surface area contributed by atoms with E-state index in [1.165, 1.54) is 11.1 Å². The lowest BCUT2D eigenvalue weighted by Gasteiger charge is -2.19. The Morgan fingerprint density at radius 1 is 1.16 bits per heavy atom. The molecule has 0 bridgehead atoms. The van der Waals surface area contributed by atoms with Crippen LogP contribution in [0.1, 0.15) is 38.8 Å². The molecule has 0 aliphatic heterocycles. The molecule has 0 aliphatic rings. The summed E-state index contributed by atoms with van der Waals surface area (Å²) in [5.41, 5.74) is 4.92. The summed E-state index contributed by atoms with van der Waals surface area (Å²) in [6.45, 7) is 8.77. The first-order chi connectivity index (χ1) is 8.84. The predicted molar refractivity (Wildman–Crippen MR) is 81.7 cm³/mol. The Kier molecular flexibility index (Phi) is 3.73. The van der Waals surface area contributed by atoms with Crippen LogP contribution in [0.5, 0.6) is 0 Å². The highest BCUT2D eigenvalue weighted by Crippen LogP contribution is 2.31. The summed E-state index contributed by atoms with van der Waals surface area (Å²) < 4.78 is 1.87. The van der Waals surface area contributed by atoms with Crippen molar-refractivity contribution < 1.29 is 0 Å². The Balaban J connectivity index is 2.49. The molecule has 1 heterocycles. The Labute approximate surface area is 120 Å². The van der Waals surface area contributed by atoms with E-state index in [-0.39, 0.29) is 5.41 Å². The van der Waals surface area contributed by atoms with Crippen molar-refractivity contribution in [1.29, 1.82) is 0 Å². The molecule has 0 aliphatic carbocycles. The number of halogens is 1. The molecule has 2 rings (SSSR count). The maximum Gasteiger partial charge on any atom is 0.154 e. The van der Waals surface area contributed by atoms with Gasteiger partial charge < -0.3 is 0 Å². The normalized spacial score (nSPS) is 11.9. The van der Waals surface area contributed by atoms with Crippen molar-refractivity contribution >= 4 is 11.6 Å². The highest BCUT2D eigenvalue weighted by atomic mass is 35.5. The Bertz CT molecular complexity index is 574. The van der Waals surface area contributed by atoms with Gasteiger partial charge in [-0.15, -0.1) is 0 Å². The van der Waals surface area contributed by atoms with Crippen LogP contribution in [0.3, 0.4) is 0 Å². The molecular formula is C16H21ClN2. The molecule has 0 N–H and O–H groups in total. The van der Waals surface area contributed by atoms with E-state index in [0.29, 0.717) is 5.15 Å². The van der Waals surface area contributed by atoms with Crippen LogP contribution < -0.4 is 0 Å². The topological polar surface area (TPSA) is 17.8 Å². The van der Waals surface area contributed by atoms with Gasteiger partial charge in [0.05, 0.1) is 5.69 Å². The fourth-order valence-corrected chi connectivity index (χ4v) is 2.67. The van der Waals surface area contributed by atoms with Gasteiger partial charge in [-0.25, -0.2) is 0 Å². The van der Waals surface area contributed by atoms with E-state index in [0.717, 1.165) is 17.7 Å². The van der Waals surface area contributed by atoms with Crippen LogP contribution in [0.2, 0.25) is 5.15 Å². The zero-order chi connectivity index (χ0) is 14.2. The second-order valence-electron chi connectivity index (χ2n) is 5.92. The van der Waals surface area contributed by atoms with Crippen LogP contribution in [0.25, 0.3) is 11.3 Å². The first kappa shape index (κ1) is 14.1. The van der Waals surface area contributed by atoms with Crippen LogP contribution in [-0.2, 0) is 18.9 Å². The number of nitrogens with zero attached hydrogens (tertiary/aromatic N) is 2. The van der Waals surface area contributed by atoms with E-state index in [1.807, 2.05) is 11.7 Å². The number of aromatic nitrogens is 2. The number of aryl methyl sites for hydroxylation is 1. The lowest BCUT2D eigenvalue weighted by atomic mass is 9.86. The molecule has 0 saturated carbocycles. The van der Waals surface area contributed by atoms with Gasteiger partial charge >= 0.3 is 0 Å². The van der Waals surface area contributed by atoms with Gasteiger partial charge in [0.1, 0.15) is 0 Å².